The second-order valence-electron chi connectivity index (χ2n) is 12.1. The van der Waals surface area contributed by atoms with Crippen molar-refractivity contribution < 1.29 is 5.11 Å². The second kappa shape index (κ2) is 7.75. The maximum absolute atomic E-state index is 10.2. The van der Waals surface area contributed by atoms with Gasteiger partial charge in [-0.3, -0.25) is 0 Å². The van der Waals surface area contributed by atoms with Crippen molar-refractivity contribution in [2.45, 2.75) is 118 Å². The van der Waals surface area contributed by atoms with Crippen molar-refractivity contribution in [2.24, 2.45) is 40.4 Å². The molecule has 4 rings (SSSR count). The van der Waals surface area contributed by atoms with Crippen LogP contribution < -0.4 is 0 Å². The van der Waals surface area contributed by atoms with Crippen LogP contribution >= 0.6 is 0 Å². The fraction of sp³-hybridized carbons (Fsp3) is 0.926. The first kappa shape index (κ1) is 21.0. The van der Waals surface area contributed by atoms with E-state index in [1.165, 1.54) is 64.2 Å². The summed E-state index contributed by atoms with van der Waals surface area (Å²) in [4.78, 5) is 0. The Bertz CT molecular complexity index is 603. The molecule has 0 aliphatic heterocycles. The van der Waals surface area contributed by atoms with E-state index in [2.05, 4.69) is 34.6 Å². The van der Waals surface area contributed by atoms with E-state index in [1.807, 2.05) is 11.1 Å². The van der Waals surface area contributed by atoms with Gasteiger partial charge in [0.2, 0.25) is 0 Å². The molecular formula is C27H46O. The molecule has 0 bridgehead atoms. The van der Waals surface area contributed by atoms with E-state index in [9.17, 15) is 5.11 Å². The lowest BCUT2D eigenvalue weighted by atomic mass is 9.50. The molecule has 0 aromatic carbocycles. The molecule has 2 saturated carbocycles. The van der Waals surface area contributed by atoms with Gasteiger partial charge in [-0.2, -0.15) is 0 Å². The molecule has 0 heterocycles. The Balaban J connectivity index is 1.52. The van der Waals surface area contributed by atoms with Gasteiger partial charge in [0.05, 0.1) is 6.10 Å². The van der Waals surface area contributed by atoms with Crippen molar-refractivity contribution in [3.8, 4) is 0 Å². The van der Waals surface area contributed by atoms with Crippen molar-refractivity contribution in [2.75, 3.05) is 0 Å². The first-order valence-corrected chi connectivity index (χ1v) is 12.7. The Kier molecular flexibility index (Phi) is 5.80. The molecule has 0 spiro atoms. The Hall–Kier alpha value is -0.300. The van der Waals surface area contributed by atoms with Gasteiger partial charge in [0.1, 0.15) is 0 Å². The van der Waals surface area contributed by atoms with E-state index in [1.54, 1.807) is 0 Å². The molecule has 1 unspecified atom stereocenters. The van der Waals surface area contributed by atoms with Gasteiger partial charge >= 0.3 is 0 Å². The summed E-state index contributed by atoms with van der Waals surface area (Å²) in [7, 11) is 0. The molecule has 4 aliphatic carbocycles. The summed E-state index contributed by atoms with van der Waals surface area (Å²) >= 11 is 0. The molecule has 1 nitrogen and oxygen atoms in total. The number of aliphatic hydroxyl groups is 1. The van der Waals surface area contributed by atoms with Crippen LogP contribution in [0.3, 0.4) is 0 Å². The summed E-state index contributed by atoms with van der Waals surface area (Å²) in [5.41, 5.74) is 4.77. The monoisotopic (exact) mass is 386 g/mol. The lowest BCUT2D eigenvalue weighted by Crippen LogP contribution is -2.45. The fourth-order valence-electron chi connectivity index (χ4n) is 8.46. The molecule has 1 N–H and O–H groups in total. The molecular weight excluding hydrogens is 340 g/mol. The molecule has 2 fully saturated rings. The average Bonchev–Trinajstić information content (AvgIpc) is 2.99. The van der Waals surface area contributed by atoms with Gasteiger partial charge in [-0.15, -0.1) is 0 Å². The van der Waals surface area contributed by atoms with Crippen molar-refractivity contribution in [3.63, 3.8) is 0 Å². The highest BCUT2D eigenvalue weighted by molar-refractivity contribution is 5.34. The van der Waals surface area contributed by atoms with Crippen molar-refractivity contribution in [3.05, 3.63) is 11.1 Å². The second-order valence-corrected chi connectivity index (χ2v) is 12.1. The zero-order valence-electron chi connectivity index (χ0n) is 19.4. The lowest BCUT2D eigenvalue weighted by Gasteiger charge is -2.55. The molecule has 0 amide bonds. The Morgan fingerprint density at radius 1 is 0.964 bits per heavy atom. The first-order valence-electron chi connectivity index (χ1n) is 12.7. The summed E-state index contributed by atoms with van der Waals surface area (Å²) in [6, 6.07) is 0. The summed E-state index contributed by atoms with van der Waals surface area (Å²) in [6.45, 7) is 12.6. The normalized spacial score (nSPS) is 44.2. The van der Waals surface area contributed by atoms with Gasteiger partial charge in [-0.25, -0.2) is 0 Å². The first-order chi connectivity index (χ1) is 13.3. The fourth-order valence-corrected chi connectivity index (χ4v) is 8.46. The standard InChI is InChI=1S/C27H46O/c1-18(2)7-6-8-19(3)23-11-12-24-22-10-9-20-17-21(28)13-15-26(20,4)25(22)14-16-27(23,24)5/h18-21,23-24,28H,6-17H2,1-5H3/t19-,20+,21?,23-,24+,26+,27-/m1/s1. The van der Waals surface area contributed by atoms with Gasteiger partial charge in [0.25, 0.3) is 0 Å². The van der Waals surface area contributed by atoms with E-state index in [0.717, 1.165) is 42.4 Å². The van der Waals surface area contributed by atoms with Crippen LogP contribution in [-0.4, -0.2) is 11.2 Å². The SMILES string of the molecule is CC(C)CCC[C@@H](C)[C@H]1CC[C@H]2C3=C(CC[C@]12C)[C@@]1(C)CCC(O)C[C@@H]1CC3. The van der Waals surface area contributed by atoms with Gasteiger partial charge in [0.15, 0.2) is 0 Å². The van der Waals surface area contributed by atoms with Gasteiger partial charge in [-0.05, 0) is 98.2 Å². The van der Waals surface area contributed by atoms with E-state index in [-0.39, 0.29) is 6.10 Å². The zero-order chi connectivity index (χ0) is 20.1. The summed E-state index contributed by atoms with van der Waals surface area (Å²) in [6.07, 6.45) is 16.0. The smallest absolute Gasteiger partial charge is 0.0543 e. The Labute approximate surface area is 174 Å². The third kappa shape index (κ3) is 3.42. The van der Waals surface area contributed by atoms with Crippen LogP contribution in [0.15, 0.2) is 11.1 Å². The molecule has 0 radical (unpaired) electrons. The molecule has 160 valence electrons. The van der Waals surface area contributed by atoms with Crippen LogP contribution in [0, 0.1) is 40.4 Å². The number of aliphatic hydroxyl groups excluding tert-OH is 1. The summed E-state index contributed by atoms with van der Waals surface area (Å²) in [5.74, 6) is 4.31. The van der Waals surface area contributed by atoms with Crippen molar-refractivity contribution >= 4 is 0 Å². The van der Waals surface area contributed by atoms with E-state index >= 15 is 0 Å². The molecule has 1 heteroatoms. The van der Waals surface area contributed by atoms with E-state index in [0.29, 0.717) is 10.8 Å². The number of allylic oxidation sites excluding steroid dienone is 2. The third-order valence-corrected chi connectivity index (χ3v) is 10.2. The van der Waals surface area contributed by atoms with Crippen LogP contribution in [0.25, 0.3) is 0 Å². The van der Waals surface area contributed by atoms with Crippen LogP contribution in [0.4, 0.5) is 0 Å². The highest BCUT2D eigenvalue weighted by atomic mass is 16.3. The number of fused-ring (bicyclic) bond motifs is 4. The third-order valence-electron chi connectivity index (χ3n) is 10.2. The van der Waals surface area contributed by atoms with Gasteiger partial charge < -0.3 is 5.11 Å². The average molecular weight is 387 g/mol. The molecule has 0 saturated heterocycles. The molecule has 7 atom stereocenters. The zero-order valence-corrected chi connectivity index (χ0v) is 19.4. The Morgan fingerprint density at radius 2 is 1.75 bits per heavy atom. The van der Waals surface area contributed by atoms with Crippen LogP contribution in [0.1, 0.15) is 112 Å². The number of hydrogen-bond donors (Lipinski definition) is 1. The highest BCUT2D eigenvalue weighted by Gasteiger charge is 2.55. The quantitative estimate of drug-likeness (QED) is 0.484. The molecule has 28 heavy (non-hydrogen) atoms. The summed E-state index contributed by atoms with van der Waals surface area (Å²) in [5, 5.41) is 10.2. The van der Waals surface area contributed by atoms with Crippen LogP contribution in [-0.2, 0) is 0 Å². The molecule has 0 aromatic rings. The topological polar surface area (TPSA) is 20.2 Å². The minimum absolute atomic E-state index is 0.0309. The number of hydrogen-bond acceptors (Lipinski definition) is 1. The van der Waals surface area contributed by atoms with Crippen LogP contribution in [0.5, 0.6) is 0 Å². The van der Waals surface area contributed by atoms with Crippen LogP contribution in [0.2, 0.25) is 0 Å². The van der Waals surface area contributed by atoms with Crippen molar-refractivity contribution in [1.82, 2.24) is 0 Å². The maximum atomic E-state index is 10.2. The molecule has 4 aliphatic rings. The Morgan fingerprint density at radius 3 is 2.50 bits per heavy atom. The van der Waals surface area contributed by atoms with Gasteiger partial charge in [-0.1, -0.05) is 65.0 Å². The minimum Gasteiger partial charge on any atom is -0.393 e. The van der Waals surface area contributed by atoms with E-state index in [4.69, 9.17) is 0 Å². The largest absolute Gasteiger partial charge is 0.393 e. The minimum atomic E-state index is -0.0309. The molecule has 0 aromatic heterocycles. The van der Waals surface area contributed by atoms with E-state index < -0.39 is 0 Å². The maximum Gasteiger partial charge on any atom is 0.0543 e. The van der Waals surface area contributed by atoms with Gasteiger partial charge in [0, 0.05) is 0 Å². The number of rotatable bonds is 5. The summed E-state index contributed by atoms with van der Waals surface area (Å²) < 4.78 is 0. The van der Waals surface area contributed by atoms with Crippen molar-refractivity contribution in [1.29, 1.82) is 0 Å². The highest BCUT2D eigenvalue weighted by Crippen LogP contribution is 2.66. The predicted octanol–water partition coefficient (Wildman–Crippen LogP) is 7.53. The predicted molar refractivity (Wildman–Crippen MR) is 119 cm³/mol. The lowest BCUT2D eigenvalue weighted by molar-refractivity contribution is 0.0132.